The number of benzene rings is 1. The zero-order chi connectivity index (χ0) is 18.5. The molecule has 1 amide bonds. The Morgan fingerprint density at radius 3 is 3.00 bits per heavy atom. The number of nitrogens with zero attached hydrogens (tertiary/aromatic N) is 3. The summed E-state index contributed by atoms with van der Waals surface area (Å²) >= 11 is 0. The molecule has 0 bridgehead atoms. The van der Waals surface area contributed by atoms with Crippen molar-refractivity contribution in [2.45, 2.75) is 39.2 Å². The van der Waals surface area contributed by atoms with Crippen LogP contribution in [0.5, 0.6) is 0 Å². The summed E-state index contributed by atoms with van der Waals surface area (Å²) < 4.78 is 15.2. The maximum Gasteiger partial charge on any atom is 0.224 e. The zero-order valence-electron chi connectivity index (χ0n) is 15.5. The van der Waals surface area contributed by atoms with Gasteiger partial charge in [0.2, 0.25) is 5.91 Å². The van der Waals surface area contributed by atoms with Crippen LogP contribution >= 0.6 is 0 Å². The summed E-state index contributed by atoms with van der Waals surface area (Å²) in [6, 6.07) is 4.43. The number of anilines is 1. The van der Waals surface area contributed by atoms with E-state index < -0.39 is 0 Å². The number of amides is 1. The van der Waals surface area contributed by atoms with Crippen molar-refractivity contribution in [3.05, 3.63) is 47.8 Å². The topological polar surface area (TPSA) is 50.2 Å². The molecule has 26 heavy (non-hydrogen) atoms. The molecule has 1 aromatic heterocycles. The largest absolute Gasteiger partial charge is 0.337 e. The van der Waals surface area contributed by atoms with Crippen LogP contribution < -0.4 is 5.32 Å². The Kier molecular flexibility index (Phi) is 6.04. The number of carbonyl (C=O) groups excluding carboxylic acids is 1. The first-order valence-electron chi connectivity index (χ1n) is 9.26. The van der Waals surface area contributed by atoms with Gasteiger partial charge in [-0.25, -0.2) is 9.37 Å². The number of aryl methyl sites for hydroxylation is 2. The minimum atomic E-state index is -0.282. The lowest BCUT2D eigenvalue weighted by atomic mass is 9.93. The van der Waals surface area contributed by atoms with Crippen molar-refractivity contribution in [2.24, 2.45) is 13.0 Å². The fourth-order valence-electron chi connectivity index (χ4n) is 3.59. The number of carbonyl (C=O) groups is 1. The van der Waals surface area contributed by atoms with E-state index in [0.29, 0.717) is 18.0 Å². The van der Waals surface area contributed by atoms with Crippen LogP contribution in [0.25, 0.3) is 0 Å². The first-order chi connectivity index (χ1) is 12.5. The van der Waals surface area contributed by atoms with Gasteiger partial charge in [0.15, 0.2) is 0 Å². The molecule has 140 valence electrons. The fourth-order valence-corrected chi connectivity index (χ4v) is 3.59. The van der Waals surface area contributed by atoms with Gasteiger partial charge in [-0.15, -0.1) is 0 Å². The Balaban J connectivity index is 1.46. The minimum Gasteiger partial charge on any atom is -0.337 e. The van der Waals surface area contributed by atoms with Gasteiger partial charge in [-0.2, -0.15) is 0 Å². The average Bonchev–Trinajstić information content (AvgIpc) is 3.01. The lowest BCUT2D eigenvalue weighted by Gasteiger charge is -2.32. The minimum absolute atomic E-state index is 0.000864. The van der Waals surface area contributed by atoms with E-state index in [0.717, 1.165) is 43.9 Å². The second kappa shape index (κ2) is 8.45. The maximum absolute atomic E-state index is 13.1. The van der Waals surface area contributed by atoms with Crippen LogP contribution in [0.4, 0.5) is 10.1 Å². The quantitative estimate of drug-likeness (QED) is 0.860. The van der Waals surface area contributed by atoms with Crippen molar-refractivity contribution < 1.29 is 9.18 Å². The summed E-state index contributed by atoms with van der Waals surface area (Å²) in [4.78, 5) is 19.1. The van der Waals surface area contributed by atoms with Crippen LogP contribution in [0.15, 0.2) is 30.6 Å². The van der Waals surface area contributed by atoms with E-state index in [2.05, 4.69) is 19.8 Å². The predicted octanol–water partition coefficient (Wildman–Crippen LogP) is 3.50. The third kappa shape index (κ3) is 4.91. The number of piperidine rings is 1. The van der Waals surface area contributed by atoms with E-state index in [1.165, 1.54) is 18.6 Å². The summed E-state index contributed by atoms with van der Waals surface area (Å²) in [5.74, 6) is 1.33. The number of aromatic nitrogens is 2. The Hall–Kier alpha value is -2.21. The van der Waals surface area contributed by atoms with Gasteiger partial charge in [0.25, 0.3) is 0 Å². The number of nitrogens with one attached hydrogen (secondary N) is 1. The standard InChI is InChI=1S/C20H27FN4O/c1-15-12-17(21)6-7-18(15)23-20(26)8-5-16-4-3-10-25(13-16)14-19-22-9-11-24(19)2/h6-7,9,11-12,16H,3-5,8,10,13-14H2,1-2H3,(H,23,26). The number of hydrogen-bond donors (Lipinski definition) is 1. The van der Waals surface area contributed by atoms with E-state index >= 15 is 0 Å². The molecule has 0 saturated carbocycles. The van der Waals surface area contributed by atoms with Crippen molar-refractivity contribution in [2.75, 3.05) is 18.4 Å². The predicted molar refractivity (Wildman–Crippen MR) is 100 cm³/mol. The third-order valence-electron chi connectivity index (χ3n) is 5.13. The molecule has 1 aliphatic rings. The van der Waals surface area contributed by atoms with Crippen LogP contribution in [0, 0.1) is 18.7 Å². The summed E-state index contributed by atoms with van der Waals surface area (Å²) in [6.45, 7) is 4.76. The smallest absolute Gasteiger partial charge is 0.224 e. The molecule has 0 spiro atoms. The van der Waals surface area contributed by atoms with Gasteiger partial charge in [0, 0.05) is 38.1 Å². The Morgan fingerprint density at radius 2 is 2.27 bits per heavy atom. The van der Waals surface area contributed by atoms with Crippen molar-refractivity contribution in [1.82, 2.24) is 14.5 Å². The number of rotatable bonds is 6. The summed E-state index contributed by atoms with van der Waals surface area (Å²) in [5, 5.41) is 2.90. The molecule has 1 unspecified atom stereocenters. The first kappa shape index (κ1) is 18.6. The Bertz CT molecular complexity index is 758. The molecule has 1 aromatic carbocycles. The molecule has 1 atom stereocenters. The molecule has 5 nitrogen and oxygen atoms in total. The number of halogens is 1. The second-order valence-corrected chi connectivity index (χ2v) is 7.24. The molecule has 2 heterocycles. The van der Waals surface area contributed by atoms with Crippen molar-refractivity contribution >= 4 is 11.6 Å². The second-order valence-electron chi connectivity index (χ2n) is 7.24. The van der Waals surface area contributed by atoms with Crippen molar-refractivity contribution in [3.63, 3.8) is 0 Å². The first-order valence-corrected chi connectivity index (χ1v) is 9.26. The fraction of sp³-hybridized carbons (Fsp3) is 0.500. The van der Waals surface area contributed by atoms with Crippen LogP contribution in [0.3, 0.4) is 0 Å². The lowest BCUT2D eigenvalue weighted by molar-refractivity contribution is -0.116. The van der Waals surface area contributed by atoms with E-state index in [9.17, 15) is 9.18 Å². The monoisotopic (exact) mass is 358 g/mol. The highest BCUT2D eigenvalue weighted by Crippen LogP contribution is 2.23. The SMILES string of the molecule is Cc1cc(F)ccc1NC(=O)CCC1CCCN(Cc2nccn2C)C1. The summed E-state index contributed by atoms with van der Waals surface area (Å²) in [5.41, 5.74) is 1.44. The van der Waals surface area contributed by atoms with Crippen molar-refractivity contribution in [3.8, 4) is 0 Å². The van der Waals surface area contributed by atoms with E-state index in [1.807, 2.05) is 19.4 Å². The van der Waals surface area contributed by atoms with E-state index in [-0.39, 0.29) is 11.7 Å². The molecular formula is C20H27FN4O. The lowest BCUT2D eigenvalue weighted by Crippen LogP contribution is -2.36. The van der Waals surface area contributed by atoms with Gasteiger partial charge in [-0.05, 0) is 62.4 Å². The van der Waals surface area contributed by atoms with Gasteiger partial charge < -0.3 is 9.88 Å². The van der Waals surface area contributed by atoms with Crippen LogP contribution in [0.2, 0.25) is 0 Å². The van der Waals surface area contributed by atoms with Crippen LogP contribution in [-0.4, -0.2) is 33.4 Å². The molecule has 2 aromatic rings. The molecular weight excluding hydrogens is 331 g/mol. The molecule has 1 aliphatic heterocycles. The number of imidazole rings is 1. The molecule has 1 saturated heterocycles. The van der Waals surface area contributed by atoms with Crippen LogP contribution in [-0.2, 0) is 18.4 Å². The van der Waals surface area contributed by atoms with Crippen molar-refractivity contribution in [1.29, 1.82) is 0 Å². The van der Waals surface area contributed by atoms with Gasteiger partial charge in [0.1, 0.15) is 11.6 Å². The number of hydrogen-bond acceptors (Lipinski definition) is 3. The summed E-state index contributed by atoms with van der Waals surface area (Å²) in [7, 11) is 2.02. The van der Waals surface area contributed by atoms with Gasteiger partial charge in [-0.3, -0.25) is 9.69 Å². The normalized spacial score (nSPS) is 18.0. The highest BCUT2D eigenvalue weighted by molar-refractivity contribution is 5.91. The maximum atomic E-state index is 13.1. The Morgan fingerprint density at radius 1 is 1.42 bits per heavy atom. The molecule has 0 aliphatic carbocycles. The third-order valence-corrected chi connectivity index (χ3v) is 5.13. The molecule has 0 radical (unpaired) electrons. The highest BCUT2D eigenvalue weighted by Gasteiger charge is 2.21. The van der Waals surface area contributed by atoms with Gasteiger partial charge >= 0.3 is 0 Å². The zero-order valence-corrected chi connectivity index (χ0v) is 15.5. The van der Waals surface area contributed by atoms with E-state index in [1.54, 1.807) is 13.0 Å². The molecule has 6 heteroatoms. The average molecular weight is 358 g/mol. The highest BCUT2D eigenvalue weighted by atomic mass is 19.1. The number of likely N-dealkylation sites (tertiary alicyclic amines) is 1. The van der Waals surface area contributed by atoms with Gasteiger partial charge in [0.05, 0.1) is 6.54 Å². The Labute approximate surface area is 154 Å². The molecule has 1 fully saturated rings. The molecule has 1 N–H and O–H groups in total. The van der Waals surface area contributed by atoms with E-state index in [4.69, 9.17) is 0 Å². The summed E-state index contributed by atoms with van der Waals surface area (Å²) in [6.07, 6.45) is 7.51. The molecule has 3 rings (SSSR count). The van der Waals surface area contributed by atoms with Crippen LogP contribution in [0.1, 0.15) is 37.1 Å². The van der Waals surface area contributed by atoms with Gasteiger partial charge in [-0.1, -0.05) is 0 Å².